The number of hydrogen-bond donors (Lipinski definition) is 2. The number of allylic oxidation sites excluding steroid dienone is 1. The molecule has 1 saturated carbocycles. The first-order valence-corrected chi connectivity index (χ1v) is 9.95. The summed E-state index contributed by atoms with van der Waals surface area (Å²) in [6, 6.07) is 8.51. The third-order valence-corrected chi connectivity index (χ3v) is 5.69. The Bertz CT molecular complexity index is 739. The predicted octanol–water partition coefficient (Wildman–Crippen LogP) is 3.04. The van der Waals surface area contributed by atoms with Gasteiger partial charge >= 0.3 is 0 Å². The second-order valence-electron chi connectivity index (χ2n) is 7.31. The molecule has 0 heterocycles. The fraction of sp³-hybridized carbons (Fsp3) is 0.500. The van der Waals surface area contributed by atoms with Crippen LogP contribution in [0.15, 0.2) is 35.5 Å². The molecule has 3 rings (SSSR count). The molecule has 0 bridgehead atoms. The average molecular weight is 367 g/mol. The van der Waals surface area contributed by atoms with Gasteiger partial charge in [-0.15, -0.1) is 6.42 Å². The highest BCUT2D eigenvalue weighted by Gasteiger charge is 2.39. The van der Waals surface area contributed by atoms with E-state index in [9.17, 15) is 4.79 Å². The van der Waals surface area contributed by atoms with Crippen LogP contribution in [-0.2, 0) is 0 Å². The van der Waals surface area contributed by atoms with Gasteiger partial charge in [0.15, 0.2) is 0 Å². The van der Waals surface area contributed by atoms with E-state index in [0.29, 0.717) is 12.5 Å². The first-order valence-electron chi connectivity index (χ1n) is 9.95. The van der Waals surface area contributed by atoms with Crippen molar-refractivity contribution in [3.8, 4) is 12.3 Å². The van der Waals surface area contributed by atoms with E-state index < -0.39 is 0 Å². The number of nitrogens with two attached hydrogens (primary N) is 1. The third kappa shape index (κ3) is 4.12. The lowest BCUT2D eigenvalue weighted by Gasteiger charge is -2.35. The van der Waals surface area contributed by atoms with Gasteiger partial charge in [-0.3, -0.25) is 10.6 Å². The molecule has 0 saturated heterocycles. The molecule has 2 aliphatic carbocycles. The predicted molar refractivity (Wildman–Crippen MR) is 110 cm³/mol. The highest BCUT2D eigenvalue weighted by Crippen LogP contribution is 2.36. The van der Waals surface area contributed by atoms with Crippen LogP contribution >= 0.6 is 0 Å². The Balaban J connectivity index is 1.79. The lowest BCUT2D eigenvalue weighted by atomic mass is 9.90. The molecule has 1 amide bonds. The van der Waals surface area contributed by atoms with Crippen LogP contribution in [0.3, 0.4) is 0 Å². The molecule has 0 aromatic heterocycles. The molecule has 0 radical (unpaired) electrons. The number of nitrogens with zero attached hydrogens (tertiary/aromatic N) is 2. The number of hydrazine groups is 1. The van der Waals surface area contributed by atoms with Gasteiger partial charge < -0.3 is 15.2 Å². The van der Waals surface area contributed by atoms with E-state index >= 15 is 0 Å². The second kappa shape index (κ2) is 8.49. The Morgan fingerprint density at radius 2 is 1.85 bits per heavy atom. The van der Waals surface area contributed by atoms with Crippen molar-refractivity contribution >= 4 is 11.6 Å². The maximum absolute atomic E-state index is 13.3. The van der Waals surface area contributed by atoms with Crippen molar-refractivity contribution in [2.24, 2.45) is 5.84 Å². The van der Waals surface area contributed by atoms with Gasteiger partial charge in [0.25, 0.3) is 5.91 Å². The van der Waals surface area contributed by atoms with Gasteiger partial charge in [-0.25, -0.2) is 0 Å². The van der Waals surface area contributed by atoms with Gasteiger partial charge in [-0.05, 0) is 63.8 Å². The molecule has 27 heavy (non-hydrogen) atoms. The van der Waals surface area contributed by atoms with Crippen LogP contribution in [0.25, 0.3) is 0 Å². The monoisotopic (exact) mass is 366 g/mol. The molecule has 1 unspecified atom stereocenters. The van der Waals surface area contributed by atoms with E-state index in [1.54, 1.807) is 0 Å². The van der Waals surface area contributed by atoms with Crippen LogP contribution in [0.1, 0.15) is 56.3 Å². The number of nitrogens with one attached hydrogen (secondary N) is 1. The average Bonchev–Trinajstić information content (AvgIpc) is 3.54. The minimum absolute atomic E-state index is 0.120. The number of carbonyl (C=O) groups is 1. The fourth-order valence-corrected chi connectivity index (χ4v) is 4.00. The van der Waals surface area contributed by atoms with E-state index in [2.05, 4.69) is 47.1 Å². The zero-order valence-corrected chi connectivity index (χ0v) is 16.4. The molecule has 5 heteroatoms. The summed E-state index contributed by atoms with van der Waals surface area (Å²) < 4.78 is 0. The van der Waals surface area contributed by atoms with E-state index in [-0.39, 0.29) is 11.9 Å². The molecule has 1 aromatic carbocycles. The summed E-state index contributed by atoms with van der Waals surface area (Å²) in [4.78, 5) is 17.7. The summed E-state index contributed by atoms with van der Waals surface area (Å²) in [5.41, 5.74) is 6.46. The summed E-state index contributed by atoms with van der Waals surface area (Å²) >= 11 is 0. The standard InChI is InChI=1S/C22H30N4O/c1-4-16-15-20(13-14-21(16)24-23)26(19-11-12-19)22(27)17-7-9-18(10-8-17)25(5-2)6-3/h1,7-10,19-20,24H,5-6,11-15,23H2,2-3H3. The van der Waals surface area contributed by atoms with Crippen molar-refractivity contribution in [1.82, 2.24) is 10.3 Å². The van der Waals surface area contributed by atoms with E-state index in [4.69, 9.17) is 12.3 Å². The molecule has 2 aliphatic rings. The number of amides is 1. The van der Waals surface area contributed by atoms with Crippen molar-refractivity contribution in [2.75, 3.05) is 18.0 Å². The first kappa shape index (κ1) is 19.3. The zero-order valence-electron chi connectivity index (χ0n) is 16.4. The molecule has 1 aromatic rings. The third-order valence-electron chi connectivity index (χ3n) is 5.69. The SMILES string of the molecule is C#CC1=C(NN)CCC(N(C(=O)c2ccc(N(CC)CC)cc2)C2CC2)C1. The lowest BCUT2D eigenvalue weighted by Crippen LogP contribution is -2.44. The minimum Gasteiger partial charge on any atom is -0.372 e. The maximum atomic E-state index is 13.3. The number of carbonyl (C=O) groups excluding carboxylic acids is 1. The highest BCUT2D eigenvalue weighted by molar-refractivity contribution is 5.95. The minimum atomic E-state index is 0.120. The molecule has 0 spiro atoms. The number of anilines is 1. The van der Waals surface area contributed by atoms with E-state index in [1.165, 1.54) is 0 Å². The Kier molecular flexibility index (Phi) is 6.08. The number of hydrogen-bond acceptors (Lipinski definition) is 4. The van der Waals surface area contributed by atoms with E-state index in [0.717, 1.165) is 61.3 Å². The second-order valence-corrected chi connectivity index (χ2v) is 7.31. The Labute approximate surface area is 162 Å². The molecular formula is C22H30N4O. The highest BCUT2D eigenvalue weighted by atomic mass is 16.2. The van der Waals surface area contributed by atoms with Gasteiger partial charge in [-0.1, -0.05) is 5.92 Å². The normalized spacial score (nSPS) is 19.4. The largest absolute Gasteiger partial charge is 0.372 e. The van der Waals surface area contributed by atoms with Crippen molar-refractivity contribution in [3.63, 3.8) is 0 Å². The summed E-state index contributed by atoms with van der Waals surface area (Å²) in [6.45, 7) is 6.20. The summed E-state index contributed by atoms with van der Waals surface area (Å²) in [7, 11) is 0. The molecule has 144 valence electrons. The Morgan fingerprint density at radius 1 is 1.19 bits per heavy atom. The van der Waals surface area contributed by atoms with Crippen LogP contribution in [0.4, 0.5) is 5.69 Å². The quantitative estimate of drug-likeness (QED) is 0.442. The van der Waals surface area contributed by atoms with Crippen molar-refractivity contribution < 1.29 is 4.79 Å². The van der Waals surface area contributed by atoms with Gasteiger partial charge in [-0.2, -0.15) is 0 Å². The van der Waals surface area contributed by atoms with Crippen molar-refractivity contribution in [3.05, 3.63) is 41.1 Å². The summed E-state index contributed by atoms with van der Waals surface area (Å²) in [5, 5.41) is 0. The summed E-state index contributed by atoms with van der Waals surface area (Å²) in [5.74, 6) is 8.46. The van der Waals surface area contributed by atoms with E-state index in [1.807, 2.05) is 12.1 Å². The van der Waals surface area contributed by atoms with Crippen LogP contribution in [0, 0.1) is 12.3 Å². The van der Waals surface area contributed by atoms with Crippen LogP contribution < -0.4 is 16.2 Å². The summed E-state index contributed by atoms with van der Waals surface area (Å²) in [6.07, 6.45) is 10.2. The topological polar surface area (TPSA) is 61.6 Å². The van der Waals surface area contributed by atoms with Crippen LogP contribution in [0.2, 0.25) is 0 Å². The molecule has 5 nitrogen and oxygen atoms in total. The van der Waals surface area contributed by atoms with Crippen LogP contribution in [-0.4, -0.2) is 36.0 Å². The van der Waals surface area contributed by atoms with Crippen molar-refractivity contribution in [1.29, 1.82) is 0 Å². The lowest BCUT2D eigenvalue weighted by molar-refractivity contribution is 0.0643. The molecule has 1 atom stereocenters. The van der Waals surface area contributed by atoms with Gasteiger partial charge in [0.1, 0.15) is 0 Å². The van der Waals surface area contributed by atoms with Gasteiger partial charge in [0.05, 0.1) is 0 Å². The Morgan fingerprint density at radius 3 is 2.37 bits per heavy atom. The molecule has 1 fully saturated rings. The first-order chi connectivity index (χ1) is 13.1. The smallest absolute Gasteiger partial charge is 0.254 e. The van der Waals surface area contributed by atoms with Gasteiger partial charge in [0, 0.05) is 54.1 Å². The maximum Gasteiger partial charge on any atom is 0.254 e. The Hall–Kier alpha value is -2.45. The molecule has 3 N–H and O–H groups in total. The number of terminal acetylenes is 1. The van der Waals surface area contributed by atoms with Crippen molar-refractivity contribution in [2.45, 2.75) is 58.0 Å². The fourth-order valence-electron chi connectivity index (χ4n) is 4.00. The molecular weight excluding hydrogens is 336 g/mol. The number of benzene rings is 1. The molecule has 0 aliphatic heterocycles. The number of rotatable bonds is 7. The van der Waals surface area contributed by atoms with Crippen LogP contribution in [0.5, 0.6) is 0 Å². The zero-order chi connectivity index (χ0) is 19.4. The van der Waals surface area contributed by atoms with Gasteiger partial charge in [0.2, 0.25) is 0 Å².